The van der Waals surface area contributed by atoms with Crippen molar-refractivity contribution in [3.05, 3.63) is 52.6 Å². The molecule has 156 valence electrons. The summed E-state index contributed by atoms with van der Waals surface area (Å²) >= 11 is 1.55. The average molecular weight is 424 g/mol. The van der Waals surface area contributed by atoms with Crippen molar-refractivity contribution in [2.45, 2.75) is 25.7 Å². The molecule has 0 aliphatic heterocycles. The van der Waals surface area contributed by atoms with E-state index in [0.29, 0.717) is 0 Å². The molecule has 0 amide bonds. The standard InChI is InChI=1S/C23H25N3O3S/c1-27-18-10-8-16(9-11-18)24-23-26(25-17-6-4-5-7-17)21(15-30-23)20-14-19(28-2)12-13-22(20)29-3/h8-15H,4-7H2,1-3H3. The van der Waals surface area contributed by atoms with Crippen LogP contribution in [0.15, 0.2) is 57.9 Å². The van der Waals surface area contributed by atoms with E-state index in [1.165, 1.54) is 18.6 Å². The normalized spacial score (nSPS) is 14.1. The largest absolute Gasteiger partial charge is 0.497 e. The number of methoxy groups -OCH3 is 3. The summed E-state index contributed by atoms with van der Waals surface area (Å²) in [6.45, 7) is 0. The Morgan fingerprint density at radius 1 is 0.867 bits per heavy atom. The van der Waals surface area contributed by atoms with Crippen molar-refractivity contribution in [3.8, 4) is 28.5 Å². The molecule has 7 heteroatoms. The van der Waals surface area contributed by atoms with E-state index in [9.17, 15) is 0 Å². The monoisotopic (exact) mass is 423 g/mol. The Balaban J connectivity index is 1.88. The summed E-state index contributed by atoms with van der Waals surface area (Å²) < 4.78 is 18.2. The minimum atomic E-state index is 0.768. The molecule has 0 unspecified atom stereocenters. The van der Waals surface area contributed by atoms with Gasteiger partial charge in [0.25, 0.3) is 0 Å². The Bertz CT molecular complexity index is 1110. The molecule has 1 saturated carbocycles. The van der Waals surface area contributed by atoms with Crippen LogP contribution in [0.2, 0.25) is 0 Å². The fraction of sp³-hybridized carbons (Fsp3) is 0.304. The van der Waals surface area contributed by atoms with Crippen LogP contribution < -0.4 is 19.0 Å². The topological polar surface area (TPSA) is 57.3 Å². The molecule has 4 rings (SSSR count). The molecule has 6 nitrogen and oxygen atoms in total. The van der Waals surface area contributed by atoms with Crippen LogP contribution in [0.25, 0.3) is 11.3 Å². The molecule has 1 heterocycles. The highest BCUT2D eigenvalue weighted by Gasteiger charge is 2.16. The number of hydrogen-bond acceptors (Lipinski definition) is 6. The quantitative estimate of drug-likeness (QED) is 0.544. The summed E-state index contributed by atoms with van der Waals surface area (Å²) in [5.41, 5.74) is 3.91. The van der Waals surface area contributed by atoms with E-state index in [-0.39, 0.29) is 0 Å². The first-order chi connectivity index (χ1) is 14.7. The maximum absolute atomic E-state index is 5.62. The van der Waals surface area contributed by atoms with E-state index in [1.54, 1.807) is 32.7 Å². The first kappa shape index (κ1) is 20.2. The van der Waals surface area contributed by atoms with E-state index in [1.807, 2.05) is 47.1 Å². The van der Waals surface area contributed by atoms with Gasteiger partial charge >= 0.3 is 0 Å². The number of benzene rings is 2. The Labute approximate surface area is 180 Å². The van der Waals surface area contributed by atoms with Gasteiger partial charge in [-0.1, -0.05) is 0 Å². The lowest BCUT2D eigenvalue weighted by Gasteiger charge is -2.11. The highest BCUT2D eigenvalue weighted by atomic mass is 32.1. The van der Waals surface area contributed by atoms with E-state index in [0.717, 1.165) is 51.8 Å². The number of aromatic nitrogens is 1. The third-order valence-electron chi connectivity index (χ3n) is 5.09. The maximum atomic E-state index is 5.62. The van der Waals surface area contributed by atoms with Gasteiger partial charge in [0.2, 0.25) is 4.80 Å². The fourth-order valence-corrected chi connectivity index (χ4v) is 4.31. The predicted octanol–water partition coefficient (Wildman–Crippen LogP) is 5.25. The van der Waals surface area contributed by atoms with Crippen LogP contribution in [-0.2, 0) is 0 Å². The number of thiazole rings is 1. The summed E-state index contributed by atoms with van der Waals surface area (Å²) in [5.74, 6) is 2.34. The zero-order valence-electron chi connectivity index (χ0n) is 17.4. The first-order valence-corrected chi connectivity index (χ1v) is 10.8. The van der Waals surface area contributed by atoms with E-state index in [2.05, 4.69) is 5.38 Å². The van der Waals surface area contributed by atoms with Crippen molar-refractivity contribution in [2.24, 2.45) is 10.1 Å². The Kier molecular flexibility index (Phi) is 6.18. The fourth-order valence-electron chi connectivity index (χ4n) is 3.47. The smallest absolute Gasteiger partial charge is 0.211 e. The van der Waals surface area contributed by atoms with Gasteiger partial charge in [-0.15, -0.1) is 11.3 Å². The Morgan fingerprint density at radius 2 is 1.57 bits per heavy atom. The van der Waals surface area contributed by atoms with E-state index in [4.69, 9.17) is 24.3 Å². The number of nitrogens with zero attached hydrogens (tertiary/aromatic N) is 3. The molecule has 1 fully saturated rings. The van der Waals surface area contributed by atoms with Crippen molar-refractivity contribution < 1.29 is 14.2 Å². The van der Waals surface area contributed by atoms with Gasteiger partial charge in [-0.3, -0.25) is 0 Å². The van der Waals surface area contributed by atoms with Gasteiger partial charge in [-0.05, 0) is 68.1 Å². The lowest BCUT2D eigenvalue weighted by Crippen LogP contribution is -2.13. The molecule has 0 N–H and O–H groups in total. The van der Waals surface area contributed by atoms with Crippen molar-refractivity contribution in [3.63, 3.8) is 0 Å². The summed E-state index contributed by atoms with van der Waals surface area (Å²) in [5, 5.41) is 7.05. The highest BCUT2D eigenvalue weighted by Crippen LogP contribution is 2.34. The highest BCUT2D eigenvalue weighted by molar-refractivity contribution is 7.07. The molecule has 0 spiro atoms. The molecule has 3 aromatic rings. The SMILES string of the molecule is COc1ccc(N=c2scc(-c3cc(OC)ccc3OC)n2N=C2CCCC2)cc1. The lowest BCUT2D eigenvalue weighted by atomic mass is 10.1. The van der Waals surface area contributed by atoms with Crippen molar-refractivity contribution >= 4 is 22.7 Å². The van der Waals surface area contributed by atoms with Gasteiger partial charge in [-0.2, -0.15) is 5.10 Å². The van der Waals surface area contributed by atoms with Gasteiger partial charge in [0.05, 0.1) is 32.7 Å². The van der Waals surface area contributed by atoms with Crippen LogP contribution in [0.4, 0.5) is 5.69 Å². The number of hydrogen-bond donors (Lipinski definition) is 0. The number of ether oxygens (including phenoxy) is 3. The zero-order valence-corrected chi connectivity index (χ0v) is 18.2. The first-order valence-electron chi connectivity index (χ1n) is 9.90. The van der Waals surface area contributed by atoms with Crippen LogP contribution in [0.3, 0.4) is 0 Å². The molecular weight excluding hydrogens is 398 g/mol. The predicted molar refractivity (Wildman–Crippen MR) is 120 cm³/mol. The van der Waals surface area contributed by atoms with Crippen LogP contribution in [0, 0.1) is 0 Å². The summed E-state index contributed by atoms with van der Waals surface area (Å²) in [6.07, 6.45) is 4.43. The third kappa shape index (κ3) is 4.26. The lowest BCUT2D eigenvalue weighted by molar-refractivity contribution is 0.404. The van der Waals surface area contributed by atoms with Crippen LogP contribution in [0.5, 0.6) is 17.2 Å². The third-order valence-corrected chi connectivity index (χ3v) is 5.90. The minimum absolute atomic E-state index is 0.768. The van der Waals surface area contributed by atoms with Crippen LogP contribution >= 0.6 is 11.3 Å². The molecular formula is C23H25N3O3S. The second kappa shape index (κ2) is 9.17. The van der Waals surface area contributed by atoms with Gasteiger partial charge in [0.15, 0.2) is 0 Å². The number of rotatable bonds is 6. The van der Waals surface area contributed by atoms with Crippen molar-refractivity contribution in [2.75, 3.05) is 21.3 Å². The van der Waals surface area contributed by atoms with Gasteiger partial charge in [0.1, 0.15) is 17.2 Å². The average Bonchev–Trinajstić information content (AvgIpc) is 3.44. The molecule has 2 aromatic carbocycles. The van der Waals surface area contributed by atoms with Gasteiger partial charge in [-0.25, -0.2) is 9.67 Å². The summed E-state index contributed by atoms with van der Waals surface area (Å²) in [6, 6.07) is 13.5. The molecule has 1 aliphatic carbocycles. The Hall–Kier alpha value is -3.06. The van der Waals surface area contributed by atoms with Crippen LogP contribution in [-0.4, -0.2) is 31.7 Å². The van der Waals surface area contributed by atoms with E-state index < -0.39 is 0 Å². The van der Waals surface area contributed by atoms with Crippen molar-refractivity contribution in [1.29, 1.82) is 0 Å². The maximum Gasteiger partial charge on any atom is 0.211 e. The molecule has 30 heavy (non-hydrogen) atoms. The second-order valence-corrected chi connectivity index (χ2v) is 7.80. The Morgan fingerprint density at radius 3 is 2.23 bits per heavy atom. The molecule has 0 saturated heterocycles. The van der Waals surface area contributed by atoms with Crippen molar-refractivity contribution in [1.82, 2.24) is 4.68 Å². The molecule has 0 bridgehead atoms. The van der Waals surface area contributed by atoms with Crippen LogP contribution in [0.1, 0.15) is 25.7 Å². The van der Waals surface area contributed by atoms with E-state index >= 15 is 0 Å². The summed E-state index contributed by atoms with van der Waals surface area (Å²) in [4.78, 5) is 5.65. The van der Waals surface area contributed by atoms with Gasteiger partial charge < -0.3 is 14.2 Å². The van der Waals surface area contributed by atoms with Gasteiger partial charge in [0, 0.05) is 16.7 Å². The molecule has 0 radical (unpaired) electrons. The molecule has 0 atom stereocenters. The molecule has 1 aliphatic rings. The summed E-state index contributed by atoms with van der Waals surface area (Å²) in [7, 11) is 4.99. The zero-order chi connectivity index (χ0) is 20.9. The molecule has 1 aromatic heterocycles. The second-order valence-electron chi connectivity index (χ2n) is 6.96. The minimum Gasteiger partial charge on any atom is -0.497 e.